The normalized spacial score (nSPS) is 35.4. The zero-order valence-electron chi connectivity index (χ0n) is 11.1. The molecule has 1 saturated heterocycles. The van der Waals surface area contributed by atoms with Crippen LogP contribution >= 0.6 is 0 Å². The molecular formula is C12H15N5O4. The minimum atomic E-state index is -1.19. The third-order valence-corrected chi connectivity index (χ3v) is 4.57. The second-order valence-electron chi connectivity index (χ2n) is 5.71. The van der Waals surface area contributed by atoms with Crippen molar-refractivity contribution in [1.82, 2.24) is 19.5 Å². The molecule has 2 fully saturated rings. The predicted octanol–water partition coefficient (Wildman–Crippen LogP) is -1.61. The summed E-state index contributed by atoms with van der Waals surface area (Å²) in [6.45, 7) is 0.453. The molecular weight excluding hydrogens is 278 g/mol. The number of H-pyrrole nitrogens is 1. The Morgan fingerprint density at radius 3 is 3.19 bits per heavy atom. The fraction of sp³-hybridized carbons (Fsp3) is 0.583. The number of aromatic amines is 1. The summed E-state index contributed by atoms with van der Waals surface area (Å²) >= 11 is 0. The highest BCUT2D eigenvalue weighted by Gasteiger charge is 2.58. The van der Waals surface area contributed by atoms with E-state index in [-0.39, 0.29) is 24.0 Å². The predicted molar refractivity (Wildman–Crippen MR) is 71.5 cm³/mol. The monoisotopic (exact) mass is 293 g/mol. The number of rotatable bonds is 1. The quantitative estimate of drug-likeness (QED) is 0.495. The van der Waals surface area contributed by atoms with E-state index < -0.39 is 23.3 Å². The Hall–Kier alpha value is -1.97. The number of ether oxygens (including phenoxy) is 1. The lowest BCUT2D eigenvalue weighted by Gasteiger charge is -2.28. The number of anilines is 1. The SMILES string of the molecule is Nc1nc2c(ncn2[C@H]2C[C@H](O)[C@H]3COC[C@]32O)c(=O)[nH]1. The summed E-state index contributed by atoms with van der Waals surface area (Å²) in [7, 11) is 0. The van der Waals surface area contributed by atoms with Gasteiger partial charge in [0.25, 0.3) is 5.56 Å². The molecule has 1 aliphatic carbocycles. The number of nitrogen functional groups attached to an aromatic ring is 1. The molecule has 5 N–H and O–H groups in total. The topological polar surface area (TPSA) is 139 Å². The van der Waals surface area contributed by atoms with E-state index in [1.807, 2.05) is 0 Å². The molecule has 0 bridgehead atoms. The molecule has 2 aliphatic rings. The second kappa shape index (κ2) is 4.03. The molecule has 9 nitrogen and oxygen atoms in total. The van der Waals surface area contributed by atoms with Crippen molar-refractivity contribution in [3.63, 3.8) is 0 Å². The molecule has 4 atom stereocenters. The molecule has 9 heteroatoms. The fourth-order valence-electron chi connectivity index (χ4n) is 3.51. The summed E-state index contributed by atoms with van der Waals surface area (Å²) in [5, 5.41) is 21.0. The molecule has 0 radical (unpaired) electrons. The Labute approximate surface area is 118 Å². The van der Waals surface area contributed by atoms with Crippen LogP contribution in [0.3, 0.4) is 0 Å². The number of nitrogens with one attached hydrogen (secondary N) is 1. The summed E-state index contributed by atoms with van der Waals surface area (Å²) in [5.74, 6) is -0.363. The maximum absolute atomic E-state index is 11.8. The van der Waals surface area contributed by atoms with Crippen LogP contribution in [0.1, 0.15) is 12.5 Å². The molecule has 0 amide bonds. The van der Waals surface area contributed by atoms with Gasteiger partial charge in [0.15, 0.2) is 11.2 Å². The zero-order chi connectivity index (χ0) is 14.8. The Balaban J connectivity index is 1.89. The average molecular weight is 293 g/mol. The minimum absolute atomic E-state index is 0.0148. The molecule has 1 aliphatic heterocycles. The number of hydrogen-bond donors (Lipinski definition) is 4. The van der Waals surface area contributed by atoms with Gasteiger partial charge in [-0.3, -0.25) is 9.78 Å². The number of fused-ring (bicyclic) bond motifs is 2. The highest BCUT2D eigenvalue weighted by molar-refractivity contribution is 5.70. The van der Waals surface area contributed by atoms with Crippen LogP contribution in [0.15, 0.2) is 11.1 Å². The van der Waals surface area contributed by atoms with Gasteiger partial charge in [-0.2, -0.15) is 4.98 Å². The highest BCUT2D eigenvalue weighted by Crippen LogP contribution is 2.48. The van der Waals surface area contributed by atoms with Gasteiger partial charge in [0, 0.05) is 5.92 Å². The Kier molecular flexibility index (Phi) is 2.44. The van der Waals surface area contributed by atoms with Crippen LogP contribution in [0.25, 0.3) is 11.2 Å². The lowest BCUT2D eigenvalue weighted by molar-refractivity contribution is -0.0250. The number of imidazole rings is 1. The van der Waals surface area contributed by atoms with Crippen molar-refractivity contribution in [2.45, 2.75) is 24.2 Å². The molecule has 3 heterocycles. The average Bonchev–Trinajstić information content (AvgIpc) is 3.05. The third kappa shape index (κ3) is 1.59. The highest BCUT2D eigenvalue weighted by atomic mass is 16.5. The van der Waals surface area contributed by atoms with Crippen LogP contribution in [-0.4, -0.2) is 54.7 Å². The van der Waals surface area contributed by atoms with Crippen molar-refractivity contribution in [3.05, 3.63) is 16.7 Å². The van der Waals surface area contributed by atoms with Gasteiger partial charge in [-0.1, -0.05) is 0 Å². The molecule has 0 aromatic carbocycles. The maximum atomic E-state index is 11.8. The first kappa shape index (κ1) is 12.7. The van der Waals surface area contributed by atoms with E-state index in [4.69, 9.17) is 10.5 Å². The molecule has 2 aromatic rings. The summed E-state index contributed by atoms with van der Waals surface area (Å²) in [6.07, 6.45) is 1.13. The van der Waals surface area contributed by atoms with Crippen molar-refractivity contribution in [3.8, 4) is 0 Å². The van der Waals surface area contributed by atoms with Crippen molar-refractivity contribution >= 4 is 17.1 Å². The van der Waals surface area contributed by atoms with Crippen molar-refractivity contribution < 1.29 is 14.9 Å². The zero-order valence-corrected chi connectivity index (χ0v) is 11.1. The van der Waals surface area contributed by atoms with E-state index >= 15 is 0 Å². The number of nitrogens with two attached hydrogens (primary N) is 1. The fourth-order valence-corrected chi connectivity index (χ4v) is 3.51. The lowest BCUT2D eigenvalue weighted by atomic mass is 9.91. The first-order valence-electron chi connectivity index (χ1n) is 6.71. The van der Waals surface area contributed by atoms with E-state index in [2.05, 4.69) is 15.0 Å². The van der Waals surface area contributed by atoms with Crippen LogP contribution in [0.2, 0.25) is 0 Å². The number of nitrogens with zero attached hydrogens (tertiary/aromatic N) is 3. The van der Waals surface area contributed by atoms with Crippen LogP contribution in [0, 0.1) is 5.92 Å². The third-order valence-electron chi connectivity index (χ3n) is 4.57. The van der Waals surface area contributed by atoms with Gasteiger partial charge in [0.2, 0.25) is 5.95 Å². The van der Waals surface area contributed by atoms with Gasteiger partial charge in [-0.05, 0) is 6.42 Å². The first-order valence-corrected chi connectivity index (χ1v) is 6.71. The minimum Gasteiger partial charge on any atom is -0.393 e. The van der Waals surface area contributed by atoms with Crippen molar-refractivity contribution in [2.24, 2.45) is 5.92 Å². The number of aliphatic hydroxyl groups excluding tert-OH is 1. The van der Waals surface area contributed by atoms with Gasteiger partial charge in [0.1, 0.15) is 5.60 Å². The maximum Gasteiger partial charge on any atom is 0.280 e. The molecule has 112 valence electrons. The summed E-state index contributed by atoms with van der Waals surface area (Å²) < 4.78 is 6.93. The van der Waals surface area contributed by atoms with E-state index in [1.165, 1.54) is 6.33 Å². The number of aromatic nitrogens is 4. The number of aliphatic hydroxyl groups is 2. The largest absolute Gasteiger partial charge is 0.393 e. The van der Waals surface area contributed by atoms with Gasteiger partial charge in [0.05, 0.1) is 31.7 Å². The van der Waals surface area contributed by atoms with Gasteiger partial charge >= 0.3 is 0 Å². The van der Waals surface area contributed by atoms with Crippen LogP contribution in [-0.2, 0) is 4.74 Å². The first-order chi connectivity index (χ1) is 10.0. The molecule has 1 saturated carbocycles. The Morgan fingerprint density at radius 2 is 2.38 bits per heavy atom. The lowest BCUT2D eigenvalue weighted by Crippen LogP contribution is -2.41. The van der Waals surface area contributed by atoms with Gasteiger partial charge in [-0.15, -0.1) is 0 Å². The van der Waals surface area contributed by atoms with Gasteiger partial charge in [-0.25, -0.2) is 4.98 Å². The molecule has 4 rings (SSSR count). The standard InChI is InChI=1S/C12H15N5O4/c13-11-15-9-8(10(19)16-11)14-4-17(9)7-1-6(18)5-2-21-3-12(5,7)20/h4-7,18,20H,1-3H2,(H3,13,15,16,19)/t5-,6+,7+,12+/m1/s1. The summed E-state index contributed by atoms with van der Waals surface area (Å²) in [4.78, 5) is 22.3. The van der Waals surface area contributed by atoms with E-state index in [9.17, 15) is 15.0 Å². The van der Waals surface area contributed by atoms with E-state index in [0.717, 1.165) is 0 Å². The van der Waals surface area contributed by atoms with E-state index in [1.54, 1.807) is 4.57 Å². The second-order valence-corrected chi connectivity index (χ2v) is 5.71. The Morgan fingerprint density at radius 1 is 1.57 bits per heavy atom. The molecule has 21 heavy (non-hydrogen) atoms. The Bertz CT molecular complexity index is 771. The van der Waals surface area contributed by atoms with Crippen molar-refractivity contribution in [1.29, 1.82) is 0 Å². The summed E-state index contributed by atoms with van der Waals surface area (Å²) in [6, 6.07) is -0.460. The van der Waals surface area contributed by atoms with Crippen LogP contribution in [0.4, 0.5) is 5.95 Å². The molecule has 0 spiro atoms. The van der Waals surface area contributed by atoms with Crippen LogP contribution < -0.4 is 11.3 Å². The smallest absolute Gasteiger partial charge is 0.280 e. The number of hydrogen-bond acceptors (Lipinski definition) is 7. The molecule has 2 aromatic heterocycles. The van der Waals surface area contributed by atoms with E-state index in [0.29, 0.717) is 18.7 Å². The van der Waals surface area contributed by atoms with Crippen molar-refractivity contribution in [2.75, 3.05) is 18.9 Å². The summed E-state index contributed by atoms with van der Waals surface area (Å²) in [5.41, 5.74) is 4.41. The molecule has 0 unspecified atom stereocenters. The van der Waals surface area contributed by atoms with Gasteiger partial charge < -0.3 is 25.3 Å². The van der Waals surface area contributed by atoms with Crippen LogP contribution in [0.5, 0.6) is 0 Å².